The lowest BCUT2D eigenvalue weighted by molar-refractivity contribution is -0.129. The van der Waals surface area contributed by atoms with Crippen molar-refractivity contribution < 1.29 is 14.3 Å². The van der Waals surface area contributed by atoms with Crippen molar-refractivity contribution in [3.05, 3.63) is 88.4 Å². The number of thioether (sulfide) groups is 1. The fraction of sp³-hybridized carbons (Fsp3) is 0.160. The molecular formula is C25H21Cl2N3O3S. The number of amides is 2. The predicted octanol–water partition coefficient (Wildman–Crippen LogP) is 6.16. The number of amidine groups is 1. The van der Waals surface area contributed by atoms with Crippen molar-refractivity contribution in [2.24, 2.45) is 4.99 Å². The Hall–Kier alpha value is -3.00. The molecule has 3 aromatic carbocycles. The summed E-state index contributed by atoms with van der Waals surface area (Å²) < 4.78 is 5.21. The van der Waals surface area contributed by atoms with Crippen molar-refractivity contribution in [3.63, 3.8) is 0 Å². The molecule has 4 rings (SSSR count). The van der Waals surface area contributed by atoms with Crippen molar-refractivity contribution in [2.45, 2.75) is 18.2 Å². The molecule has 1 N–H and O–H groups in total. The number of hydrogen-bond donors (Lipinski definition) is 1. The first-order valence-electron chi connectivity index (χ1n) is 10.4. The quantitative estimate of drug-likeness (QED) is 0.428. The molecule has 1 aliphatic heterocycles. The molecule has 9 heteroatoms. The van der Waals surface area contributed by atoms with Gasteiger partial charge < -0.3 is 10.1 Å². The Morgan fingerprint density at radius 1 is 1.06 bits per heavy atom. The fourth-order valence-corrected chi connectivity index (χ4v) is 4.81. The molecule has 0 radical (unpaired) electrons. The third kappa shape index (κ3) is 5.73. The summed E-state index contributed by atoms with van der Waals surface area (Å²) in [5.74, 6) is 0.165. The van der Waals surface area contributed by atoms with E-state index in [0.717, 1.165) is 5.56 Å². The average Bonchev–Trinajstić information content (AvgIpc) is 2.84. The Kier molecular flexibility index (Phi) is 7.77. The van der Waals surface area contributed by atoms with Gasteiger partial charge in [-0.1, -0.05) is 65.3 Å². The molecule has 1 atom stereocenters. The van der Waals surface area contributed by atoms with Gasteiger partial charge in [0.05, 0.1) is 30.1 Å². The number of nitrogens with one attached hydrogen (secondary N) is 1. The van der Waals surface area contributed by atoms with Crippen LogP contribution in [-0.2, 0) is 16.1 Å². The first-order chi connectivity index (χ1) is 16.4. The van der Waals surface area contributed by atoms with Gasteiger partial charge in [0, 0.05) is 11.4 Å². The summed E-state index contributed by atoms with van der Waals surface area (Å²) >= 11 is 13.8. The van der Waals surface area contributed by atoms with E-state index in [0.29, 0.717) is 32.3 Å². The average molecular weight is 514 g/mol. The second-order valence-corrected chi connectivity index (χ2v) is 9.43. The number of ether oxygens (including phenoxy) is 1. The van der Waals surface area contributed by atoms with Crippen LogP contribution in [0.5, 0.6) is 5.75 Å². The van der Waals surface area contributed by atoms with Crippen LogP contribution in [0, 0.1) is 0 Å². The molecule has 1 heterocycles. The highest BCUT2D eigenvalue weighted by atomic mass is 35.5. The molecule has 0 aromatic heterocycles. The first kappa shape index (κ1) is 24.1. The molecule has 174 valence electrons. The molecule has 34 heavy (non-hydrogen) atoms. The zero-order valence-corrected chi connectivity index (χ0v) is 20.5. The fourth-order valence-electron chi connectivity index (χ4n) is 3.34. The van der Waals surface area contributed by atoms with E-state index in [1.165, 1.54) is 11.8 Å². The SMILES string of the molecule is COc1ccc(N=C2SC(C(=O)Nc3ccccc3Cl)CC(=O)N2Cc2ccccc2Cl)cc1. The number of rotatable bonds is 6. The predicted molar refractivity (Wildman–Crippen MR) is 138 cm³/mol. The van der Waals surface area contributed by atoms with Crippen molar-refractivity contribution in [1.82, 2.24) is 4.90 Å². The Labute approximate surface area is 211 Å². The molecule has 1 unspecified atom stereocenters. The van der Waals surface area contributed by atoms with Crippen LogP contribution in [0.2, 0.25) is 10.0 Å². The Morgan fingerprint density at radius 3 is 2.41 bits per heavy atom. The Bertz CT molecular complexity index is 1230. The van der Waals surface area contributed by atoms with Crippen molar-refractivity contribution in [1.29, 1.82) is 0 Å². The molecule has 2 amide bonds. The molecular weight excluding hydrogens is 493 g/mol. The molecule has 6 nitrogen and oxygen atoms in total. The normalized spacial score (nSPS) is 17.0. The maximum absolute atomic E-state index is 13.2. The number of anilines is 1. The highest BCUT2D eigenvalue weighted by molar-refractivity contribution is 8.15. The van der Waals surface area contributed by atoms with Crippen LogP contribution in [0.1, 0.15) is 12.0 Å². The lowest BCUT2D eigenvalue weighted by Crippen LogP contribution is -2.44. The minimum absolute atomic E-state index is 0.0209. The maximum Gasteiger partial charge on any atom is 0.238 e. The minimum Gasteiger partial charge on any atom is -0.497 e. The van der Waals surface area contributed by atoms with Crippen molar-refractivity contribution in [2.75, 3.05) is 12.4 Å². The number of hydrogen-bond acceptors (Lipinski definition) is 5. The van der Waals surface area contributed by atoms with Crippen molar-refractivity contribution >= 4 is 63.3 Å². The number of aliphatic imine (C=N–C) groups is 1. The first-order valence-corrected chi connectivity index (χ1v) is 12.1. The molecule has 0 bridgehead atoms. The van der Waals surface area contributed by atoms with Gasteiger partial charge in [-0.3, -0.25) is 14.5 Å². The summed E-state index contributed by atoms with van der Waals surface area (Å²) in [6, 6.07) is 21.5. The Morgan fingerprint density at radius 2 is 1.74 bits per heavy atom. The van der Waals surface area contributed by atoms with Crippen LogP contribution >= 0.6 is 35.0 Å². The van der Waals surface area contributed by atoms with E-state index in [9.17, 15) is 9.59 Å². The topological polar surface area (TPSA) is 71.0 Å². The summed E-state index contributed by atoms with van der Waals surface area (Å²) in [7, 11) is 1.59. The second kappa shape index (κ2) is 11.0. The highest BCUT2D eigenvalue weighted by Crippen LogP contribution is 2.33. The van der Waals surface area contributed by atoms with E-state index in [4.69, 9.17) is 27.9 Å². The largest absolute Gasteiger partial charge is 0.497 e. The van der Waals surface area contributed by atoms with Crippen LogP contribution < -0.4 is 10.1 Å². The third-order valence-corrected chi connectivity index (χ3v) is 7.03. The van der Waals surface area contributed by atoms with Gasteiger partial charge in [0.2, 0.25) is 11.8 Å². The van der Waals surface area contributed by atoms with E-state index in [2.05, 4.69) is 10.3 Å². The van der Waals surface area contributed by atoms with Crippen LogP contribution in [0.3, 0.4) is 0 Å². The number of para-hydroxylation sites is 1. The molecule has 1 saturated heterocycles. The van der Waals surface area contributed by atoms with Crippen molar-refractivity contribution in [3.8, 4) is 5.75 Å². The van der Waals surface area contributed by atoms with Gasteiger partial charge in [0.25, 0.3) is 0 Å². The molecule has 1 fully saturated rings. The van der Waals surface area contributed by atoms with Gasteiger partial charge in [-0.25, -0.2) is 4.99 Å². The summed E-state index contributed by atoms with van der Waals surface area (Å²) in [6.45, 7) is 0.249. The summed E-state index contributed by atoms with van der Waals surface area (Å²) in [4.78, 5) is 32.5. The summed E-state index contributed by atoms with van der Waals surface area (Å²) in [5, 5.41) is 3.56. The number of carbonyl (C=O) groups is 2. The van der Waals surface area contributed by atoms with E-state index >= 15 is 0 Å². The summed E-state index contributed by atoms with van der Waals surface area (Å²) in [5.41, 5.74) is 1.92. The molecule has 0 spiro atoms. The van der Waals surface area contributed by atoms with E-state index in [1.54, 1.807) is 66.6 Å². The van der Waals surface area contributed by atoms with E-state index in [1.807, 2.05) is 18.2 Å². The van der Waals surface area contributed by atoms with Gasteiger partial charge in [-0.15, -0.1) is 0 Å². The minimum atomic E-state index is -0.664. The smallest absolute Gasteiger partial charge is 0.238 e. The number of nitrogens with zero attached hydrogens (tertiary/aromatic N) is 2. The second-order valence-electron chi connectivity index (χ2n) is 7.44. The van der Waals surface area contributed by atoms with Crippen LogP contribution in [0.25, 0.3) is 0 Å². The van der Waals surface area contributed by atoms with E-state index < -0.39 is 5.25 Å². The maximum atomic E-state index is 13.2. The monoisotopic (exact) mass is 513 g/mol. The number of benzene rings is 3. The van der Waals surface area contributed by atoms with Gasteiger partial charge in [-0.2, -0.15) is 0 Å². The van der Waals surface area contributed by atoms with Crippen LogP contribution in [0.15, 0.2) is 77.8 Å². The zero-order valence-electron chi connectivity index (χ0n) is 18.2. The lowest BCUT2D eigenvalue weighted by Gasteiger charge is -2.32. The van der Waals surface area contributed by atoms with Gasteiger partial charge >= 0.3 is 0 Å². The molecule has 0 aliphatic carbocycles. The third-order valence-electron chi connectivity index (χ3n) is 5.15. The molecule has 0 saturated carbocycles. The highest BCUT2D eigenvalue weighted by Gasteiger charge is 2.36. The lowest BCUT2D eigenvalue weighted by atomic mass is 10.2. The number of carbonyl (C=O) groups excluding carboxylic acids is 2. The van der Waals surface area contributed by atoms with Gasteiger partial charge in [-0.05, 0) is 48.0 Å². The van der Waals surface area contributed by atoms with Gasteiger partial charge in [0.1, 0.15) is 11.0 Å². The zero-order chi connectivity index (χ0) is 24.1. The summed E-state index contributed by atoms with van der Waals surface area (Å²) in [6.07, 6.45) is 0.0209. The van der Waals surface area contributed by atoms with Gasteiger partial charge in [0.15, 0.2) is 5.17 Å². The standard InChI is InChI=1S/C25H21Cl2N3O3S/c1-33-18-12-10-17(11-13-18)28-25-30(15-16-6-2-3-7-19(16)26)23(31)14-22(34-25)24(32)29-21-9-5-4-8-20(21)27/h2-13,22H,14-15H2,1H3,(H,29,32). The number of methoxy groups -OCH3 is 1. The van der Waals surface area contributed by atoms with Crippen LogP contribution in [0.4, 0.5) is 11.4 Å². The number of halogens is 2. The van der Waals surface area contributed by atoms with Crippen LogP contribution in [-0.4, -0.2) is 34.2 Å². The Balaban J connectivity index is 1.62. The molecule has 3 aromatic rings. The molecule has 1 aliphatic rings. The van der Waals surface area contributed by atoms with E-state index in [-0.39, 0.29) is 24.8 Å².